The topological polar surface area (TPSA) is 46.6 Å². The third-order valence-electron chi connectivity index (χ3n) is 4.47. The van der Waals surface area contributed by atoms with Crippen molar-refractivity contribution in [2.24, 2.45) is 0 Å². The third kappa shape index (κ3) is 4.86. The van der Waals surface area contributed by atoms with Gasteiger partial charge < -0.3 is 9.64 Å². The fourth-order valence-corrected chi connectivity index (χ4v) is 2.97. The summed E-state index contributed by atoms with van der Waals surface area (Å²) in [5.41, 5.74) is 5.97. The fourth-order valence-electron chi connectivity index (χ4n) is 2.97. The molecule has 0 fully saturated rings. The van der Waals surface area contributed by atoms with Crippen molar-refractivity contribution >= 4 is 29.3 Å². The number of benzene rings is 3. The summed E-state index contributed by atoms with van der Waals surface area (Å²) in [6.07, 6.45) is 1.52. The number of hydrogen-bond acceptors (Lipinski definition) is 4. The van der Waals surface area contributed by atoms with Gasteiger partial charge in [0.2, 0.25) is 0 Å². The van der Waals surface area contributed by atoms with Crippen LogP contribution in [0.25, 0.3) is 0 Å². The third-order valence-corrected chi connectivity index (χ3v) is 4.47. The Bertz CT molecular complexity index is 929. The van der Waals surface area contributed by atoms with E-state index in [-0.39, 0.29) is 5.97 Å². The molecule has 0 saturated heterocycles. The first-order chi connectivity index (χ1) is 13.6. The summed E-state index contributed by atoms with van der Waals surface area (Å²) in [6, 6.07) is 24.0. The SMILES string of the molecule is CC(=O)OCCc1ccc(N(c2ccc(C)cc2)c2ccc(C=O)cc2)cc1. The number of carbonyl (C=O) groups excluding carboxylic acids is 2. The minimum Gasteiger partial charge on any atom is -0.466 e. The van der Waals surface area contributed by atoms with E-state index >= 15 is 0 Å². The lowest BCUT2D eigenvalue weighted by molar-refractivity contribution is -0.140. The van der Waals surface area contributed by atoms with Gasteiger partial charge in [-0.3, -0.25) is 9.59 Å². The lowest BCUT2D eigenvalue weighted by Crippen LogP contribution is -2.10. The molecule has 0 unspecified atom stereocenters. The summed E-state index contributed by atoms with van der Waals surface area (Å²) in [7, 11) is 0. The van der Waals surface area contributed by atoms with E-state index in [2.05, 4.69) is 48.2 Å². The van der Waals surface area contributed by atoms with Crippen LogP contribution in [-0.4, -0.2) is 18.9 Å². The van der Waals surface area contributed by atoms with Crippen molar-refractivity contribution in [1.29, 1.82) is 0 Å². The van der Waals surface area contributed by atoms with E-state index in [1.54, 1.807) is 0 Å². The fraction of sp³-hybridized carbons (Fsp3) is 0.167. The molecule has 0 atom stereocenters. The van der Waals surface area contributed by atoms with Gasteiger partial charge >= 0.3 is 5.97 Å². The first kappa shape index (κ1) is 19.4. The number of nitrogens with zero attached hydrogens (tertiary/aromatic N) is 1. The van der Waals surface area contributed by atoms with Gasteiger partial charge in [-0.2, -0.15) is 0 Å². The second kappa shape index (κ2) is 9.00. The summed E-state index contributed by atoms with van der Waals surface area (Å²) in [4.78, 5) is 24.0. The Morgan fingerprint density at radius 2 is 1.36 bits per heavy atom. The number of rotatable bonds is 7. The van der Waals surface area contributed by atoms with E-state index in [0.717, 1.165) is 28.9 Å². The van der Waals surface area contributed by atoms with Gasteiger partial charge in [-0.25, -0.2) is 0 Å². The number of aldehydes is 1. The van der Waals surface area contributed by atoms with Crippen molar-refractivity contribution in [2.45, 2.75) is 20.3 Å². The van der Waals surface area contributed by atoms with Gasteiger partial charge in [0.15, 0.2) is 0 Å². The van der Waals surface area contributed by atoms with Crippen molar-refractivity contribution in [3.8, 4) is 0 Å². The van der Waals surface area contributed by atoms with Crippen molar-refractivity contribution in [3.05, 3.63) is 89.5 Å². The van der Waals surface area contributed by atoms with Crippen LogP contribution in [0.4, 0.5) is 17.1 Å². The number of ether oxygens (including phenoxy) is 1. The summed E-state index contributed by atoms with van der Waals surface area (Å²) in [5, 5.41) is 0. The quantitative estimate of drug-likeness (QED) is 0.412. The Kier molecular flexibility index (Phi) is 6.22. The van der Waals surface area contributed by atoms with Crippen LogP contribution in [0.15, 0.2) is 72.8 Å². The molecule has 4 heteroatoms. The number of esters is 1. The van der Waals surface area contributed by atoms with E-state index in [1.165, 1.54) is 12.5 Å². The lowest BCUT2D eigenvalue weighted by Gasteiger charge is -2.26. The van der Waals surface area contributed by atoms with Gasteiger partial charge in [0.25, 0.3) is 0 Å². The summed E-state index contributed by atoms with van der Waals surface area (Å²) < 4.78 is 5.02. The molecule has 0 bridgehead atoms. The molecular formula is C24H23NO3. The van der Waals surface area contributed by atoms with Crippen molar-refractivity contribution in [1.82, 2.24) is 0 Å². The molecule has 0 aliphatic heterocycles. The van der Waals surface area contributed by atoms with Crippen LogP contribution < -0.4 is 4.90 Å². The highest BCUT2D eigenvalue weighted by Gasteiger charge is 2.12. The summed E-state index contributed by atoms with van der Waals surface area (Å²) in [5.74, 6) is -0.263. The highest BCUT2D eigenvalue weighted by atomic mass is 16.5. The number of aryl methyl sites for hydroxylation is 1. The minimum atomic E-state index is -0.263. The molecule has 0 heterocycles. The van der Waals surface area contributed by atoms with Gasteiger partial charge in [-0.1, -0.05) is 29.8 Å². The molecule has 0 amide bonds. The summed E-state index contributed by atoms with van der Waals surface area (Å²) >= 11 is 0. The van der Waals surface area contributed by atoms with Crippen LogP contribution in [-0.2, 0) is 16.0 Å². The Hall–Kier alpha value is -3.40. The van der Waals surface area contributed by atoms with Crippen LogP contribution in [0.5, 0.6) is 0 Å². The zero-order chi connectivity index (χ0) is 19.9. The molecule has 142 valence electrons. The van der Waals surface area contributed by atoms with E-state index in [9.17, 15) is 9.59 Å². The van der Waals surface area contributed by atoms with Crippen LogP contribution in [0.1, 0.15) is 28.4 Å². The molecule has 3 rings (SSSR count). The molecule has 0 aliphatic rings. The smallest absolute Gasteiger partial charge is 0.302 e. The average Bonchev–Trinajstić information content (AvgIpc) is 2.71. The molecule has 0 spiro atoms. The van der Waals surface area contributed by atoms with E-state index in [4.69, 9.17) is 4.74 Å². The predicted octanol–water partition coefficient (Wildman–Crippen LogP) is 5.38. The van der Waals surface area contributed by atoms with Gasteiger partial charge in [-0.15, -0.1) is 0 Å². The lowest BCUT2D eigenvalue weighted by atomic mass is 10.1. The standard InChI is InChI=1S/C24H23NO3/c1-18-3-9-22(10-4-18)25(24-13-7-21(17-26)8-14-24)23-11-5-20(6-12-23)15-16-28-19(2)27/h3-14,17H,15-16H2,1-2H3. The van der Waals surface area contributed by atoms with Crippen LogP contribution in [0.2, 0.25) is 0 Å². The molecule has 4 nitrogen and oxygen atoms in total. The predicted molar refractivity (Wildman–Crippen MR) is 112 cm³/mol. The number of anilines is 3. The van der Waals surface area contributed by atoms with Gasteiger partial charge in [0, 0.05) is 36.0 Å². The molecule has 0 radical (unpaired) electrons. The monoisotopic (exact) mass is 373 g/mol. The van der Waals surface area contributed by atoms with Crippen LogP contribution in [0, 0.1) is 6.92 Å². The van der Waals surface area contributed by atoms with Crippen LogP contribution >= 0.6 is 0 Å². The Morgan fingerprint density at radius 3 is 1.86 bits per heavy atom. The van der Waals surface area contributed by atoms with E-state index < -0.39 is 0 Å². The number of carbonyl (C=O) groups is 2. The molecule has 3 aromatic carbocycles. The molecule has 0 N–H and O–H groups in total. The second-order valence-electron chi connectivity index (χ2n) is 6.64. The van der Waals surface area contributed by atoms with Crippen LogP contribution in [0.3, 0.4) is 0 Å². The zero-order valence-electron chi connectivity index (χ0n) is 16.1. The Morgan fingerprint density at radius 1 is 0.857 bits per heavy atom. The molecular weight excluding hydrogens is 350 g/mol. The minimum absolute atomic E-state index is 0.263. The van der Waals surface area contributed by atoms with Crippen molar-refractivity contribution in [3.63, 3.8) is 0 Å². The van der Waals surface area contributed by atoms with Gasteiger partial charge in [0.1, 0.15) is 6.29 Å². The van der Waals surface area contributed by atoms with E-state index in [1.807, 2.05) is 36.4 Å². The first-order valence-corrected chi connectivity index (χ1v) is 9.21. The van der Waals surface area contributed by atoms with E-state index in [0.29, 0.717) is 18.6 Å². The highest BCUT2D eigenvalue weighted by molar-refractivity contribution is 5.80. The first-order valence-electron chi connectivity index (χ1n) is 9.21. The maximum absolute atomic E-state index is 11.0. The molecule has 3 aromatic rings. The van der Waals surface area contributed by atoms with Gasteiger partial charge in [-0.05, 0) is 61.0 Å². The highest BCUT2D eigenvalue weighted by Crippen LogP contribution is 2.34. The maximum Gasteiger partial charge on any atom is 0.302 e. The Balaban J connectivity index is 1.90. The largest absolute Gasteiger partial charge is 0.466 e. The Labute approximate surface area is 165 Å². The van der Waals surface area contributed by atoms with Gasteiger partial charge in [0.05, 0.1) is 6.61 Å². The second-order valence-corrected chi connectivity index (χ2v) is 6.64. The maximum atomic E-state index is 11.0. The summed E-state index contributed by atoms with van der Waals surface area (Å²) in [6.45, 7) is 3.85. The molecule has 28 heavy (non-hydrogen) atoms. The average molecular weight is 373 g/mol. The molecule has 0 saturated carbocycles. The molecule has 0 aliphatic carbocycles. The normalized spacial score (nSPS) is 10.4. The molecule has 0 aromatic heterocycles. The van der Waals surface area contributed by atoms with Crippen molar-refractivity contribution < 1.29 is 14.3 Å². The number of hydrogen-bond donors (Lipinski definition) is 0. The van der Waals surface area contributed by atoms with Crippen molar-refractivity contribution in [2.75, 3.05) is 11.5 Å². The zero-order valence-corrected chi connectivity index (χ0v) is 16.1.